The minimum absolute atomic E-state index is 0.295. The predicted octanol–water partition coefficient (Wildman–Crippen LogP) is 3.12. The number of para-hydroxylation sites is 1. The van der Waals surface area contributed by atoms with Gasteiger partial charge in [0.15, 0.2) is 12.7 Å². The number of aryl methyl sites for hydroxylation is 2. The van der Waals surface area contributed by atoms with Crippen LogP contribution in [-0.2, 0) is 14.3 Å². The first kappa shape index (κ1) is 19.0. The molecule has 0 aliphatic heterocycles. The van der Waals surface area contributed by atoms with Gasteiger partial charge in [-0.1, -0.05) is 29.8 Å². The van der Waals surface area contributed by atoms with Crippen molar-refractivity contribution in [1.29, 1.82) is 5.26 Å². The molecule has 6 heteroatoms. The molecule has 0 bridgehead atoms. The zero-order valence-corrected chi connectivity index (χ0v) is 14.9. The van der Waals surface area contributed by atoms with Gasteiger partial charge in [0.05, 0.1) is 11.3 Å². The Hall–Kier alpha value is -3.33. The van der Waals surface area contributed by atoms with Crippen LogP contribution in [0, 0.1) is 25.2 Å². The number of ether oxygens (including phenoxy) is 2. The molecule has 1 atom stereocenters. The molecule has 0 aromatic heterocycles. The molecule has 2 aromatic rings. The quantitative estimate of drug-likeness (QED) is 0.807. The molecule has 0 spiro atoms. The van der Waals surface area contributed by atoms with Gasteiger partial charge in [0.1, 0.15) is 11.8 Å². The number of carbonyl (C=O) groups is 2. The van der Waals surface area contributed by atoms with Gasteiger partial charge in [0.25, 0.3) is 5.91 Å². The lowest BCUT2D eigenvalue weighted by atomic mass is 10.1. The fraction of sp³-hybridized carbons (Fsp3) is 0.250. The van der Waals surface area contributed by atoms with Crippen LogP contribution in [0.3, 0.4) is 0 Å². The lowest BCUT2D eigenvalue weighted by molar-refractivity contribution is -0.155. The van der Waals surface area contributed by atoms with Gasteiger partial charge in [-0.05, 0) is 44.5 Å². The number of nitrogens with one attached hydrogen (secondary N) is 1. The maximum absolute atomic E-state index is 12.1. The fourth-order valence-corrected chi connectivity index (χ4v) is 2.31. The van der Waals surface area contributed by atoms with Crippen LogP contribution in [0.15, 0.2) is 42.5 Å². The lowest BCUT2D eigenvalue weighted by Crippen LogP contribution is -2.31. The average Bonchev–Trinajstić information content (AvgIpc) is 2.61. The molecule has 1 N–H and O–H groups in total. The summed E-state index contributed by atoms with van der Waals surface area (Å²) in [6, 6.07) is 14.2. The van der Waals surface area contributed by atoms with Gasteiger partial charge in [-0.3, -0.25) is 4.79 Å². The van der Waals surface area contributed by atoms with E-state index < -0.39 is 18.0 Å². The van der Waals surface area contributed by atoms with Crippen LogP contribution in [-0.4, -0.2) is 24.6 Å². The van der Waals surface area contributed by atoms with Crippen molar-refractivity contribution in [3.63, 3.8) is 0 Å². The number of hydrogen-bond acceptors (Lipinski definition) is 5. The Bertz CT molecular complexity index is 855. The summed E-state index contributed by atoms with van der Waals surface area (Å²) in [4.78, 5) is 24.0. The number of nitrogens with zero attached hydrogens (tertiary/aromatic N) is 1. The second-order valence-electron chi connectivity index (χ2n) is 5.84. The van der Waals surface area contributed by atoms with Crippen molar-refractivity contribution < 1.29 is 19.1 Å². The Balaban J connectivity index is 1.88. The normalized spacial score (nSPS) is 11.2. The Morgan fingerprint density at radius 3 is 2.62 bits per heavy atom. The Labute approximate surface area is 152 Å². The van der Waals surface area contributed by atoms with Crippen molar-refractivity contribution in [3.05, 3.63) is 59.2 Å². The van der Waals surface area contributed by atoms with E-state index in [1.807, 2.05) is 32.0 Å². The highest BCUT2D eigenvalue weighted by atomic mass is 16.6. The molecule has 0 radical (unpaired) electrons. The lowest BCUT2D eigenvalue weighted by Gasteiger charge is -2.15. The zero-order valence-electron chi connectivity index (χ0n) is 14.9. The molecule has 134 valence electrons. The smallest absolute Gasteiger partial charge is 0.344 e. The first-order valence-corrected chi connectivity index (χ1v) is 8.10. The summed E-state index contributed by atoms with van der Waals surface area (Å²) in [7, 11) is 0. The Kier molecular flexibility index (Phi) is 6.34. The molecule has 1 amide bonds. The van der Waals surface area contributed by atoms with Crippen molar-refractivity contribution in [2.45, 2.75) is 26.9 Å². The van der Waals surface area contributed by atoms with Crippen LogP contribution in [0.1, 0.15) is 23.6 Å². The fourth-order valence-electron chi connectivity index (χ4n) is 2.31. The van der Waals surface area contributed by atoms with Crippen LogP contribution in [0.5, 0.6) is 5.75 Å². The number of esters is 1. The minimum atomic E-state index is -1.02. The highest BCUT2D eigenvalue weighted by Gasteiger charge is 2.19. The van der Waals surface area contributed by atoms with Crippen molar-refractivity contribution in [2.75, 3.05) is 11.9 Å². The van der Waals surface area contributed by atoms with Crippen molar-refractivity contribution >= 4 is 17.6 Å². The summed E-state index contributed by atoms with van der Waals surface area (Å²) in [5, 5.41) is 11.6. The molecule has 0 fully saturated rings. The highest BCUT2D eigenvalue weighted by molar-refractivity contribution is 5.96. The van der Waals surface area contributed by atoms with Crippen LogP contribution < -0.4 is 10.1 Å². The third-order valence-corrected chi connectivity index (χ3v) is 3.66. The van der Waals surface area contributed by atoms with Gasteiger partial charge in [-0.2, -0.15) is 5.26 Å². The van der Waals surface area contributed by atoms with E-state index in [2.05, 4.69) is 5.32 Å². The summed E-state index contributed by atoms with van der Waals surface area (Å²) in [6.45, 7) is 5.02. The number of anilines is 1. The van der Waals surface area contributed by atoms with E-state index in [4.69, 9.17) is 14.7 Å². The number of carbonyl (C=O) groups excluding carboxylic acids is 2. The largest absolute Gasteiger partial charge is 0.482 e. The van der Waals surface area contributed by atoms with Gasteiger partial charge in [0, 0.05) is 0 Å². The number of nitriles is 1. The van der Waals surface area contributed by atoms with Crippen molar-refractivity contribution in [1.82, 2.24) is 0 Å². The monoisotopic (exact) mass is 352 g/mol. The molecule has 0 aliphatic rings. The summed E-state index contributed by atoms with van der Waals surface area (Å²) < 4.78 is 10.5. The van der Waals surface area contributed by atoms with E-state index in [1.54, 1.807) is 30.3 Å². The van der Waals surface area contributed by atoms with Crippen LogP contribution in [0.25, 0.3) is 0 Å². The summed E-state index contributed by atoms with van der Waals surface area (Å²) >= 11 is 0. The van der Waals surface area contributed by atoms with Crippen molar-refractivity contribution in [3.8, 4) is 11.8 Å². The van der Waals surface area contributed by atoms with Gasteiger partial charge >= 0.3 is 5.97 Å². The summed E-state index contributed by atoms with van der Waals surface area (Å²) in [5.74, 6) is -0.582. The molecule has 2 aromatic carbocycles. The SMILES string of the molecule is Cc1ccc(OCC(=O)O[C@H](C)C(=O)Nc2ccccc2C#N)c(C)c1. The van der Waals surface area contributed by atoms with Gasteiger partial charge < -0.3 is 14.8 Å². The van der Waals surface area contributed by atoms with Crippen LogP contribution >= 0.6 is 0 Å². The molecule has 0 unspecified atom stereocenters. The molecule has 26 heavy (non-hydrogen) atoms. The van der Waals surface area contributed by atoms with Gasteiger partial charge in [-0.25, -0.2) is 4.79 Å². The second kappa shape index (κ2) is 8.67. The molecule has 2 rings (SSSR count). The standard InChI is InChI=1S/C20H20N2O4/c1-13-8-9-18(14(2)10-13)25-12-19(23)26-15(3)20(24)22-17-7-5-4-6-16(17)11-21/h4-10,15H,12H2,1-3H3,(H,22,24)/t15-/m1/s1. The van der Waals surface area contributed by atoms with E-state index in [0.717, 1.165) is 11.1 Å². The zero-order chi connectivity index (χ0) is 19.1. The van der Waals surface area contributed by atoms with Gasteiger partial charge in [0.2, 0.25) is 0 Å². The molecule has 0 saturated heterocycles. The first-order valence-electron chi connectivity index (χ1n) is 8.10. The topological polar surface area (TPSA) is 88.4 Å². The van der Waals surface area contributed by atoms with E-state index in [0.29, 0.717) is 17.0 Å². The van der Waals surface area contributed by atoms with E-state index in [9.17, 15) is 9.59 Å². The maximum Gasteiger partial charge on any atom is 0.344 e. The number of hydrogen-bond donors (Lipinski definition) is 1. The molecular weight excluding hydrogens is 332 g/mol. The molecule has 0 heterocycles. The van der Waals surface area contributed by atoms with Crippen molar-refractivity contribution in [2.24, 2.45) is 0 Å². The Morgan fingerprint density at radius 2 is 1.92 bits per heavy atom. The van der Waals surface area contributed by atoms with Crippen LogP contribution in [0.4, 0.5) is 5.69 Å². The molecule has 6 nitrogen and oxygen atoms in total. The van der Waals surface area contributed by atoms with E-state index >= 15 is 0 Å². The number of rotatable bonds is 6. The Morgan fingerprint density at radius 1 is 1.19 bits per heavy atom. The maximum atomic E-state index is 12.1. The van der Waals surface area contributed by atoms with Gasteiger partial charge in [-0.15, -0.1) is 0 Å². The molecule has 0 saturated carbocycles. The summed E-state index contributed by atoms with van der Waals surface area (Å²) in [5.41, 5.74) is 2.71. The second-order valence-corrected chi connectivity index (χ2v) is 5.84. The third-order valence-electron chi connectivity index (χ3n) is 3.66. The molecule has 0 aliphatic carbocycles. The first-order chi connectivity index (χ1) is 12.4. The van der Waals surface area contributed by atoms with E-state index in [1.165, 1.54) is 6.92 Å². The molecular formula is C20H20N2O4. The third kappa shape index (κ3) is 5.08. The van der Waals surface area contributed by atoms with E-state index in [-0.39, 0.29) is 6.61 Å². The highest BCUT2D eigenvalue weighted by Crippen LogP contribution is 2.19. The number of benzene rings is 2. The predicted molar refractivity (Wildman–Crippen MR) is 96.8 cm³/mol. The number of amides is 1. The summed E-state index contributed by atoms with van der Waals surface area (Å²) in [6.07, 6.45) is -1.02. The average molecular weight is 352 g/mol. The van der Waals surface area contributed by atoms with Crippen LogP contribution in [0.2, 0.25) is 0 Å². The minimum Gasteiger partial charge on any atom is -0.482 e.